The van der Waals surface area contributed by atoms with Crippen molar-refractivity contribution in [3.63, 3.8) is 0 Å². The van der Waals surface area contributed by atoms with Gasteiger partial charge in [-0.3, -0.25) is 19.3 Å². The van der Waals surface area contributed by atoms with Gasteiger partial charge in [0, 0.05) is 42.2 Å². The highest BCUT2D eigenvalue weighted by Crippen LogP contribution is 2.35. The van der Waals surface area contributed by atoms with E-state index in [4.69, 9.17) is 17.3 Å². The molecule has 4 heterocycles. The molecule has 0 bridgehead atoms. The number of carbonyl (C=O) groups is 2. The lowest BCUT2D eigenvalue weighted by Crippen LogP contribution is -2.30. The lowest BCUT2D eigenvalue weighted by Gasteiger charge is -2.21. The van der Waals surface area contributed by atoms with E-state index in [1.807, 2.05) is 0 Å². The number of likely N-dealkylation sites (tertiary alicyclic amines) is 1. The minimum absolute atomic E-state index is 0.0294. The zero-order valence-corrected chi connectivity index (χ0v) is 25.0. The van der Waals surface area contributed by atoms with Crippen LogP contribution in [0.3, 0.4) is 0 Å². The summed E-state index contributed by atoms with van der Waals surface area (Å²) in [5.74, 6) is -2.75. The molecule has 0 radical (unpaired) electrons. The van der Waals surface area contributed by atoms with E-state index in [0.717, 1.165) is 23.6 Å². The van der Waals surface area contributed by atoms with Gasteiger partial charge in [0.05, 0.1) is 40.8 Å². The molecule has 16 heteroatoms. The van der Waals surface area contributed by atoms with Crippen molar-refractivity contribution in [1.82, 2.24) is 34.7 Å². The number of pyridine rings is 1. The molecule has 1 atom stereocenters. The molecule has 0 saturated carbocycles. The molecule has 2 amide bonds. The molecule has 1 fully saturated rings. The van der Waals surface area contributed by atoms with Crippen molar-refractivity contribution in [3.05, 3.63) is 101 Å². The number of primary amides is 1. The van der Waals surface area contributed by atoms with E-state index in [-0.39, 0.29) is 39.7 Å². The minimum Gasteiger partial charge on any atom is -0.366 e. The fourth-order valence-electron chi connectivity index (χ4n) is 5.41. The van der Waals surface area contributed by atoms with E-state index in [9.17, 15) is 27.2 Å². The van der Waals surface area contributed by atoms with Crippen LogP contribution in [0.15, 0.2) is 67.3 Å². The predicted octanol–water partition coefficient (Wildman–Crippen LogP) is 5.84. The molecule has 1 unspecified atom stereocenters. The number of carbonyl (C=O) groups excluding carboxylic acids is 2. The summed E-state index contributed by atoms with van der Waals surface area (Å²) >= 11 is 6.05. The Hall–Kier alpha value is -5.18. The van der Waals surface area contributed by atoms with Crippen molar-refractivity contribution in [2.24, 2.45) is 5.73 Å². The third-order valence-corrected chi connectivity index (χ3v) is 8.13. The van der Waals surface area contributed by atoms with Crippen LogP contribution in [0, 0.1) is 11.6 Å². The van der Waals surface area contributed by atoms with Gasteiger partial charge < -0.3 is 10.6 Å². The molecule has 3 aromatic heterocycles. The summed E-state index contributed by atoms with van der Waals surface area (Å²) in [7, 11) is 0. The highest BCUT2D eigenvalue weighted by Gasteiger charge is 2.35. The number of hydrogen-bond donors (Lipinski definition) is 1. The van der Waals surface area contributed by atoms with Gasteiger partial charge in [-0.05, 0) is 48.7 Å². The van der Waals surface area contributed by atoms with Crippen molar-refractivity contribution in [2.75, 3.05) is 13.1 Å². The van der Waals surface area contributed by atoms with Gasteiger partial charge in [0.2, 0.25) is 5.91 Å². The molecule has 1 aliphatic heterocycles. The number of amides is 2. The highest BCUT2D eigenvalue weighted by atomic mass is 35.5. The maximum atomic E-state index is 15.4. The number of aromatic nitrogens is 6. The number of alkyl halides is 3. The molecule has 6 rings (SSSR count). The second kappa shape index (κ2) is 12.5. The molecule has 0 aliphatic carbocycles. The maximum Gasteiger partial charge on any atom is 0.436 e. The monoisotopic (exact) mass is 670 g/mol. The predicted molar refractivity (Wildman–Crippen MR) is 159 cm³/mol. The average molecular weight is 671 g/mol. The number of hydrogen-bond acceptors (Lipinski definition) is 6. The molecule has 10 nitrogen and oxygen atoms in total. The van der Waals surface area contributed by atoms with E-state index < -0.39 is 35.5 Å². The van der Waals surface area contributed by atoms with Crippen LogP contribution >= 0.6 is 11.6 Å². The molecule has 47 heavy (non-hydrogen) atoms. The molecule has 5 aromatic rings. The Kier molecular flexibility index (Phi) is 8.49. The van der Waals surface area contributed by atoms with E-state index in [0.29, 0.717) is 36.1 Å². The van der Waals surface area contributed by atoms with Gasteiger partial charge in [-0.1, -0.05) is 28.9 Å². The molecule has 1 saturated heterocycles. The second-order valence-corrected chi connectivity index (χ2v) is 11.3. The Balaban J connectivity index is 1.37. The molecule has 242 valence electrons. The van der Waals surface area contributed by atoms with Gasteiger partial charge in [-0.25, -0.2) is 13.5 Å². The molecule has 2 aromatic carbocycles. The smallest absolute Gasteiger partial charge is 0.366 e. The third-order valence-electron chi connectivity index (χ3n) is 7.84. The Morgan fingerprint density at radius 3 is 2.34 bits per heavy atom. The summed E-state index contributed by atoms with van der Waals surface area (Å²) < 4.78 is 71.9. The number of benzene rings is 2. The summed E-state index contributed by atoms with van der Waals surface area (Å²) in [5, 5.41) is 10.8. The van der Waals surface area contributed by atoms with Crippen molar-refractivity contribution in [2.45, 2.75) is 31.5 Å². The van der Waals surface area contributed by atoms with Crippen LogP contribution in [0.25, 0.3) is 27.9 Å². The van der Waals surface area contributed by atoms with Crippen LogP contribution in [-0.4, -0.2) is 59.6 Å². The van der Waals surface area contributed by atoms with Gasteiger partial charge in [-0.15, -0.1) is 5.10 Å². The van der Waals surface area contributed by atoms with E-state index in [1.54, 1.807) is 17.2 Å². The number of nitrogens with zero attached hydrogens (tertiary/aromatic N) is 7. The summed E-state index contributed by atoms with van der Waals surface area (Å²) in [4.78, 5) is 31.0. The van der Waals surface area contributed by atoms with E-state index in [2.05, 4.69) is 20.4 Å². The lowest BCUT2D eigenvalue weighted by atomic mass is 10.0. The molecule has 0 spiro atoms. The SMILES string of the molecule is NC(=O)c1ccc(-c2cnn(C(CC(=O)N3CCCC3)c3ccc(-c4c(-n5cc(C(F)(F)F)nn5)ccc(Cl)c4F)cn3)c2)cc1F. The largest absolute Gasteiger partial charge is 0.436 e. The Morgan fingerprint density at radius 2 is 1.70 bits per heavy atom. The number of rotatable bonds is 8. The maximum absolute atomic E-state index is 15.4. The van der Waals surface area contributed by atoms with Gasteiger partial charge in [0.15, 0.2) is 11.5 Å². The Morgan fingerprint density at radius 1 is 0.957 bits per heavy atom. The van der Waals surface area contributed by atoms with Crippen molar-refractivity contribution >= 4 is 23.4 Å². The first-order chi connectivity index (χ1) is 22.4. The van der Waals surface area contributed by atoms with E-state index in [1.165, 1.54) is 47.4 Å². The Labute approximate surface area is 268 Å². The average Bonchev–Trinajstić information content (AvgIpc) is 3.83. The fraction of sp³-hybridized carbons (Fsp3) is 0.226. The number of halogens is 6. The lowest BCUT2D eigenvalue weighted by molar-refractivity contribution is -0.141. The summed E-state index contributed by atoms with van der Waals surface area (Å²) in [6.45, 7) is 1.23. The van der Waals surface area contributed by atoms with Gasteiger partial charge in [0.25, 0.3) is 5.91 Å². The fourth-order valence-corrected chi connectivity index (χ4v) is 5.57. The third kappa shape index (κ3) is 6.43. The Bertz CT molecular complexity index is 1970. The van der Waals surface area contributed by atoms with Gasteiger partial charge in [0.1, 0.15) is 11.9 Å². The quantitative estimate of drug-likeness (QED) is 0.207. The standard InChI is InChI=1S/C31H24ClF5N8O2/c32-21-6-8-24(45-16-26(41-42-45)31(35,36)37)28(29(21)34)18-4-7-23(39-13-18)25(12-27(46)43-9-1-2-10-43)44-15-19(14-40-44)17-3-5-20(30(38)47)22(33)11-17/h3-8,11,13-16,25H,1-2,9-10,12H2,(H2,38,47). The topological polar surface area (TPSA) is 125 Å². The van der Waals surface area contributed by atoms with Crippen LogP contribution in [0.2, 0.25) is 5.02 Å². The summed E-state index contributed by atoms with van der Waals surface area (Å²) in [6.07, 6.45) is 1.99. The molecular weight excluding hydrogens is 647 g/mol. The van der Waals surface area contributed by atoms with Crippen molar-refractivity contribution in [1.29, 1.82) is 0 Å². The molecule has 1 aliphatic rings. The van der Waals surface area contributed by atoms with Gasteiger partial charge in [-0.2, -0.15) is 18.3 Å². The zero-order valence-electron chi connectivity index (χ0n) is 24.3. The van der Waals surface area contributed by atoms with Crippen molar-refractivity contribution < 1.29 is 31.5 Å². The van der Waals surface area contributed by atoms with Crippen LogP contribution in [-0.2, 0) is 11.0 Å². The first-order valence-corrected chi connectivity index (χ1v) is 14.6. The highest BCUT2D eigenvalue weighted by molar-refractivity contribution is 6.31. The van der Waals surface area contributed by atoms with Crippen LogP contribution in [0.4, 0.5) is 22.0 Å². The minimum atomic E-state index is -4.76. The first kappa shape index (κ1) is 31.8. The van der Waals surface area contributed by atoms with Crippen LogP contribution < -0.4 is 5.73 Å². The summed E-state index contributed by atoms with van der Waals surface area (Å²) in [6, 6.07) is 8.75. The zero-order chi connectivity index (χ0) is 33.5. The molecular formula is C31H24ClF5N8O2. The van der Waals surface area contributed by atoms with Crippen molar-refractivity contribution in [3.8, 4) is 27.9 Å². The normalized spacial score (nSPS) is 14.0. The molecule has 2 N–H and O–H groups in total. The van der Waals surface area contributed by atoms with E-state index >= 15 is 4.39 Å². The van der Waals surface area contributed by atoms with Gasteiger partial charge >= 0.3 is 6.18 Å². The summed E-state index contributed by atoms with van der Waals surface area (Å²) in [5.41, 5.74) is 4.92. The second-order valence-electron chi connectivity index (χ2n) is 10.8. The number of nitrogens with two attached hydrogens (primary N) is 1. The van der Waals surface area contributed by atoms with Crippen LogP contribution in [0.1, 0.15) is 47.1 Å². The first-order valence-electron chi connectivity index (χ1n) is 14.3. The van der Waals surface area contributed by atoms with Crippen LogP contribution in [0.5, 0.6) is 0 Å².